The van der Waals surface area contributed by atoms with Crippen LogP contribution in [0.25, 0.3) is 0 Å². The van der Waals surface area contributed by atoms with Crippen LogP contribution in [-0.2, 0) is 6.54 Å². The molecular weight excluding hydrogens is 198 g/mol. The first kappa shape index (κ1) is 10.2. The lowest BCUT2D eigenvalue weighted by Gasteiger charge is -2.43. The molecule has 82 valence electrons. The zero-order valence-electron chi connectivity index (χ0n) is 8.43. The van der Waals surface area contributed by atoms with E-state index < -0.39 is 11.0 Å². The minimum Gasteiger partial charge on any atom is -0.502 e. The van der Waals surface area contributed by atoms with Crippen molar-refractivity contribution >= 4 is 0 Å². The van der Waals surface area contributed by atoms with Gasteiger partial charge >= 0.3 is 0 Å². The fourth-order valence-electron chi connectivity index (χ4n) is 1.78. The number of aliphatic hydroxyl groups is 1. The maximum absolute atomic E-state index is 11.1. The minimum atomic E-state index is -0.628. The van der Waals surface area contributed by atoms with Gasteiger partial charge in [-0.1, -0.05) is 0 Å². The first-order chi connectivity index (χ1) is 6.96. The van der Waals surface area contributed by atoms with Crippen LogP contribution in [0.3, 0.4) is 0 Å². The quantitative estimate of drug-likeness (QED) is 0.715. The van der Waals surface area contributed by atoms with Crippen LogP contribution in [0.1, 0.15) is 12.7 Å². The first-order valence-electron chi connectivity index (χ1n) is 4.72. The molecule has 0 atom stereocenters. The Morgan fingerprint density at radius 3 is 2.80 bits per heavy atom. The van der Waals surface area contributed by atoms with E-state index in [9.17, 15) is 9.90 Å². The molecule has 0 aromatic carbocycles. The van der Waals surface area contributed by atoms with Gasteiger partial charge in [-0.2, -0.15) is 0 Å². The van der Waals surface area contributed by atoms with Gasteiger partial charge in [-0.15, -0.1) is 0 Å². The number of rotatable bonds is 2. The highest BCUT2D eigenvalue weighted by Crippen LogP contribution is 2.21. The molecule has 0 amide bonds. The molecule has 15 heavy (non-hydrogen) atoms. The minimum absolute atomic E-state index is 0.380. The summed E-state index contributed by atoms with van der Waals surface area (Å²) < 4.78 is 5.04. The number of hydrogen-bond acceptors (Lipinski definition) is 5. The van der Waals surface area contributed by atoms with E-state index in [0.717, 1.165) is 6.26 Å². The van der Waals surface area contributed by atoms with Gasteiger partial charge < -0.3 is 14.6 Å². The molecule has 1 aromatic rings. The van der Waals surface area contributed by atoms with Crippen molar-refractivity contribution in [3.8, 4) is 5.75 Å². The van der Waals surface area contributed by atoms with E-state index in [-0.39, 0.29) is 5.75 Å². The molecule has 5 heteroatoms. The number of hydrogen-bond donors (Lipinski definition) is 2. The standard InChI is InChI=1S/C10H13NO4/c1-10(14)5-11(6-10)3-7-2-8(12)9(13)4-15-7/h2,4,13-14H,3,5-6H2,1H3. The normalized spacial score (nSPS) is 19.9. The first-order valence-corrected chi connectivity index (χ1v) is 4.72. The Labute approximate surface area is 86.6 Å². The van der Waals surface area contributed by atoms with Crippen molar-refractivity contribution in [1.82, 2.24) is 4.90 Å². The van der Waals surface area contributed by atoms with Crippen molar-refractivity contribution in [1.29, 1.82) is 0 Å². The third kappa shape index (κ3) is 2.19. The van der Waals surface area contributed by atoms with Crippen molar-refractivity contribution in [2.45, 2.75) is 19.1 Å². The highest BCUT2D eigenvalue weighted by Gasteiger charge is 2.36. The van der Waals surface area contributed by atoms with Crippen LogP contribution in [0.2, 0.25) is 0 Å². The third-order valence-corrected chi connectivity index (χ3v) is 2.37. The SMILES string of the molecule is CC1(O)CN(Cc2cc(=O)c(O)co2)C1. The summed E-state index contributed by atoms with van der Waals surface area (Å²) >= 11 is 0. The third-order valence-electron chi connectivity index (χ3n) is 2.37. The fraction of sp³-hybridized carbons (Fsp3) is 0.500. The smallest absolute Gasteiger partial charge is 0.226 e. The van der Waals surface area contributed by atoms with Crippen molar-refractivity contribution in [2.24, 2.45) is 0 Å². The average Bonchev–Trinajstić information content (AvgIpc) is 2.08. The van der Waals surface area contributed by atoms with E-state index in [0.29, 0.717) is 25.4 Å². The number of likely N-dealkylation sites (tertiary alicyclic amines) is 1. The Balaban J connectivity index is 2.01. The Kier molecular flexibility index (Phi) is 2.28. The summed E-state index contributed by atoms with van der Waals surface area (Å²) in [6, 6.07) is 1.27. The Bertz CT molecular complexity index is 416. The van der Waals surface area contributed by atoms with Gasteiger partial charge in [-0.25, -0.2) is 0 Å². The summed E-state index contributed by atoms with van der Waals surface area (Å²) in [4.78, 5) is 13.0. The molecule has 1 fully saturated rings. The van der Waals surface area contributed by atoms with Gasteiger partial charge in [0.15, 0.2) is 5.75 Å². The van der Waals surface area contributed by atoms with Gasteiger partial charge in [0, 0.05) is 19.2 Å². The summed E-state index contributed by atoms with van der Waals surface area (Å²) in [5.41, 5.74) is -1.07. The Morgan fingerprint density at radius 2 is 2.27 bits per heavy atom. The maximum atomic E-state index is 11.1. The van der Waals surface area contributed by atoms with Crippen LogP contribution in [0.5, 0.6) is 5.75 Å². The summed E-state index contributed by atoms with van der Waals surface area (Å²) in [5.74, 6) is 0.114. The van der Waals surface area contributed by atoms with E-state index in [2.05, 4.69) is 0 Å². The zero-order chi connectivity index (χ0) is 11.1. The van der Waals surface area contributed by atoms with Gasteiger partial charge in [0.25, 0.3) is 0 Å². The topological polar surface area (TPSA) is 73.9 Å². The molecule has 1 aromatic heterocycles. The molecule has 5 nitrogen and oxygen atoms in total. The summed E-state index contributed by atoms with van der Waals surface area (Å²) in [6.07, 6.45) is 1.04. The van der Waals surface area contributed by atoms with Crippen molar-refractivity contribution in [3.63, 3.8) is 0 Å². The van der Waals surface area contributed by atoms with E-state index in [1.807, 2.05) is 4.90 Å². The van der Waals surface area contributed by atoms with Gasteiger partial charge in [-0.3, -0.25) is 9.69 Å². The second-order valence-corrected chi connectivity index (χ2v) is 4.24. The average molecular weight is 211 g/mol. The molecule has 0 bridgehead atoms. The molecular formula is C10H13NO4. The van der Waals surface area contributed by atoms with Gasteiger partial charge in [0.05, 0.1) is 12.1 Å². The van der Waals surface area contributed by atoms with Crippen LogP contribution in [0, 0.1) is 0 Å². The lowest BCUT2D eigenvalue weighted by Crippen LogP contribution is -2.59. The summed E-state index contributed by atoms with van der Waals surface area (Å²) in [5, 5.41) is 18.5. The molecule has 2 N–H and O–H groups in total. The van der Waals surface area contributed by atoms with Crippen LogP contribution < -0.4 is 5.43 Å². The predicted molar refractivity (Wildman–Crippen MR) is 52.5 cm³/mol. The van der Waals surface area contributed by atoms with Crippen molar-refractivity contribution in [2.75, 3.05) is 13.1 Å². The van der Waals surface area contributed by atoms with Crippen LogP contribution in [-0.4, -0.2) is 33.8 Å². The predicted octanol–water partition coefficient (Wildman–Crippen LogP) is -0.0880. The van der Waals surface area contributed by atoms with Gasteiger partial charge in [-0.05, 0) is 6.92 Å². The number of aromatic hydroxyl groups is 1. The Morgan fingerprint density at radius 1 is 1.60 bits per heavy atom. The fourth-order valence-corrected chi connectivity index (χ4v) is 1.78. The Hall–Kier alpha value is -1.33. The van der Waals surface area contributed by atoms with E-state index >= 15 is 0 Å². The molecule has 0 unspecified atom stereocenters. The second kappa shape index (κ2) is 3.36. The largest absolute Gasteiger partial charge is 0.502 e. The van der Waals surface area contributed by atoms with E-state index in [1.165, 1.54) is 6.07 Å². The van der Waals surface area contributed by atoms with E-state index in [1.54, 1.807) is 6.92 Å². The maximum Gasteiger partial charge on any atom is 0.226 e. The molecule has 2 heterocycles. The molecule has 0 aliphatic carbocycles. The lowest BCUT2D eigenvalue weighted by molar-refractivity contribution is -0.0893. The van der Waals surface area contributed by atoms with Crippen LogP contribution in [0.4, 0.5) is 0 Å². The number of nitrogens with zero attached hydrogens (tertiary/aromatic N) is 1. The molecule has 0 radical (unpaired) electrons. The summed E-state index contributed by atoms with van der Waals surface area (Å²) in [6.45, 7) is 3.37. The highest BCUT2D eigenvalue weighted by atomic mass is 16.4. The second-order valence-electron chi connectivity index (χ2n) is 4.24. The molecule has 0 spiro atoms. The molecule has 1 aliphatic heterocycles. The van der Waals surface area contributed by atoms with Crippen LogP contribution in [0.15, 0.2) is 21.5 Å². The van der Waals surface area contributed by atoms with Crippen LogP contribution >= 0.6 is 0 Å². The van der Waals surface area contributed by atoms with Gasteiger partial charge in [0.1, 0.15) is 12.0 Å². The zero-order valence-corrected chi connectivity index (χ0v) is 8.43. The molecule has 1 saturated heterocycles. The monoisotopic (exact) mass is 211 g/mol. The highest BCUT2D eigenvalue weighted by molar-refractivity contribution is 5.15. The summed E-state index contributed by atoms with van der Waals surface area (Å²) in [7, 11) is 0. The lowest BCUT2D eigenvalue weighted by atomic mass is 9.97. The van der Waals surface area contributed by atoms with Crippen molar-refractivity contribution < 1.29 is 14.6 Å². The van der Waals surface area contributed by atoms with Crippen molar-refractivity contribution in [3.05, 3.63) is 28.3 Å². The molecule has 2 rings (SSSR count). The number of β-amino-alcohol motifs (C(OH)–C–C–N with tert-alkyl or cyclic N) is 1. The molecule has 1 aliphatic rings. The van der Waals surface area contributed by atoms with E-state index in [4.69, 9.17) is 9.52 Å². The van der Waals surface area contributed by atoms with Gasteiger partial charge in [0.2, 0.25) is 5.43 Å². The molecule has 0 saturated carbocycles.